The van der Waals surface area contributed by atoms with Crippen molar-refractivity contribution in [1.29, 1.82) is 0 Å². The third-order valence-electron chi connectivity index (χ3n) is 10.3. The minimum absolute atomic E-state index is 0.0727. The molecule has 0 heterocycles. The van der Waals surface area contributed by atoms with Crippen LogP contribution in [0, 0.1) is 29.1 Å². The molecular formula is C39H32O5. The van der Waals surface area contributed by atoms with Gasteiger partial charge in [-0.25, -0.2) is 0 Å². The molecule has 0 spiro atoms. The van der Waals surface area contributed by atoms with Crippen LogP contribution in [0.4, 0.5) is 0 Å². The average molecular weight is 581 g/mol. The van der Waals surface area contributed by atoms with Crippen LogP contribution in [0.2, 0.25) is 0 Å². The molecule has 4 aliphatic carbocycles. The van der Waals surface area contributed by atoms with E-state index in [0.717, 1.165) is 27.1 Å². The molecule has 0 saturated heterocycles. The number of fused-ring (bicyclic) bond motifs is 6. The lowest BCUT2D eigenvalue weighted by Crippen LogP contribution is -2.24. The number of hydrogen-bond donors (Lipinski definition) is 5. The van der Waals surface area contributed by atoms with Crippen molar-refractivity contribution < 1.29 is 25.5 Å². The number of hydrogen-bond acceptors (Lipinski definition) is 5. The molecular weight excluding hydrogens is 548 g/mol. The number of benzene rings is 4. The Hall–Kier alpha value is -5.16. The molecule has 5 N–H and O–H groups in total. The van der Waals surface area contributed by atoms with Gasteiger partial charge in [-0.15, -0.1) is 0 Å². The molecule has 5 nitrogen and oxygen atoms in total. The van der Waals surface area contributed by atoms with E-state index in [2.05, 4.69) is 68.5 Å². The number of phenols is 5. The van der Waals surface area contributed by atoms with Crippen LogP contribution in [0.3, 0.4) is 0 Å². The molecule has 4 aliphatic rings. The first-order valence-electron chi connectivity index (χ1n) is 15.0. The summed E-state index contributed by atoms with van der Waals surface area (Å²) in [6.07, 6.45) is 20.4. The summed E-state index contributed by atoms with van der Waals surface area (Å²) in [7, 11) is 0. The van der Waals surface area contributed by atoms with Gasteiger partial charge in [0.1, 0.15) is 0 Å². The fourth-order valence-electron chi connectivity index (χ4n) is 8.32. The zero-order chi connectivity index (χ0) is 30.5. The van der Waals surface area contributed by atoms with E-state index in [-0.39, 0.29) is 22.8 Å². The van der Waals surface area contributed by atoms with Gasteiger partial charge in [0, 0.05) is 23.3 Å². The number of phenolic OH excluding ortho intramolecular Hbond substituents is 5. The second-order valence-electron chi connectivity index (χ2n) is 12.8. The van der Waals surface area contributed by atoms with Crippen molar-refractivity contribution in [1.82, 2.24) is 0 Å². The predicted octanol–water partition coefficient (Wildman–Crippen LogP) is 8.64. The SMILES string of the molecule is CC1(C)C2=C(C3C=CC=CC3C(c3c4ccccc4c(-c4c(O)c(O)c(O)c(O)c4O)c4ccccc34)=C2)C2C=CC=CC21. The molecule has 4 unspecified atom stereocenters. The molecule has 0 aliphatic heterocycles. The smallest absolute Gasteiger partial charge is 0.208 e. The quantitative estimate of drug-likeness (QED) is 0.0928. The summed E-state index contributed by atoms with van der Waals surface area (Å²) in [5, 5.41) is 56.6. The molecule has 4 aromatic carbocycles. The monoisotopic (exact) mass is 580 g/mol. The maximum Gasteiger partial charge on any atom is 0.208 e. The van der Waals surface area contributed by atoms with Gasteiger partial charge in [0.25, 0.3) is 0 Å². The van der Waals surface area contributed by atoms with E-state index in [4.69, 9.17) is 0 Å². The minimum atomic E-state index is -0.974. The van der Waals surface area contributed by atoms with Gasteiger partial charge in [-0.05, 0) is 49.6 Å². The van der Waals surface area contributed by atoms with Crippen molar-refractivity contribution in [3.8, 4) is 39.9 Å². The normalized spacial score (nSPS) is 24.5. The molecule has 5 heteroatoms. The van der Waals surface area contributed by atoms with Crippen LogP contribution in [-0.4, -0.2) is 25.5 Å². The van der Waals surface area contributed by atoms with E-state index < -0.39 is 28.7 Å². The molecule has 0 amide bonds. The van der Waals surface area contributed by atoms with Crippen LogP contribution < -0.4 is 0 Å². The van der Waals surface area contributed by atoms with Crippen LogP contribution in [0.25, 0.3) is 38.2 Å². The molecule has 0 fully saturated rings. The highest BCUT2D eigenvalue weighted by Gasteiger charge is 2.50. The Bertz CT molecular complexity index is 2030. The van der Waals surface area contributed by atoms with Gasteiger partial charge in [0.2, 0.25) is 17.2 Å². The highest BCUT2D eigenvalue weighted by molar-refractivity contribution is 6.20. The van der Waals surface area contributed by atoms with Crippen molar-refractivity contribution in [2.24, 2.45) is 29.1 Å². The van der Waals surface area contributed by atoms with Crippen LogP contribution >= 0.6 is 0 Å². The second-order valence-corrected chi connectivity index (χ2v) is 12.8. The van der Waals surface area contributed by atoms with Crippen molar-refractivity contribution in [2.75, 3.05) is 0 Å². The Kier molecular flexibility index (Phi) is 5.52. The van der Waals surface area contributed by atoms with Gasteiger partial charge in [-0.1, -0.05) is 123 Å². The van der Waals surface area contributed by atoms with Crippen molar-refractivity contribution in [2.45, 2.75) is 13.8 Å². The Labute approximate surface area is 255 Å². The highest BCUT2D eigenvalue weighted by atomic mass is 16.4. The summed E-state index contributed by atoms with van der Waals surface area (Å²) < 4.78 is 0. The van der Waals surface area contributed by atoms with Crippen LogP contribution in [0.1, 0.15) is 19.4 Å². The third-order valence-corrected chi connectivity index (χ3v) is 10.3. The van der Waals surface area contributed by atoms with E-state index in [1.165, 1.54) is 16.7 Å². The summed E-state index contributed by atoms with van der Waals surface area (Å²) in [6.45, 7) is 4.70. The number of aromatic hydroxyl groups is 5. The highest BCUT2D eigenvalue weighted by Crippen LogP contribution is 2.62. The van der Waals surface area contributed by atoms with E-state index in [1.54, 1.807) is 0 Å². The lowest BCUT2D eigenvalue weighted by Gasteiger charge is -2.36. The van der Waals surface area contributed by atoms with Gasteiger partial charge in [0.05, 0.1) is 5.56 Å². The first-order chi connectivity index (χ1) is 21.2. The van der Waals surface area contributed by atoms with Crippen molar-refractivity contribution >= 4 is 27.1 Å². The van der Waals surface area contributed by atoms with E-state index in [9.17, 15) is 25.5 Å². The molecule has 0 radical (unpaired) electrons. The molecule has 4 atom stereocenters. The molecule has 8 rings (SSSR count). The number of allylic oxidation sites excluding steroid dienone is 12. The maximum absolute atomic E-state index is 11.1. The summed E-state index contributed by atoms with van der Waals surface area (Å²) >= 11 is 0. The van der Waals surface area contributed by atoms with Gasteiger partial charge in [0.15, 0.2) is 11.5 Å². The molecule has 0 bridgehead atoms. The minimum Gasteiger partial charge on any atom is -0.504 e. The summed E-state index contributed by atoms with van der Waals surface area (Å²) in [5.41, 5.74) is 5.39. The van der Waals surface area contributed by atoms with Gasteiger partial charge in [-0.3, -0.25) is 0 Å². The summed E-state index contributed by atoms with van der Waals surface area (Å²) in [5.74, 6) is -3.13. The Balaban J connectivity index is 1.49. The molecule has 0 aromatic heterocycles. The molecule has 0 saturated carbocycles. The Morgan fingerprint density at radius 2 is 0.955 bits per heavy atom. The van der Waals surface area contributed by atoms with Crippen LogP contribution in [0.5, 0.6) is 28.7 Å². The average Bonchev–Trinajstić information content (AvgIpc) is 3.28. The zero-order valence-electron chi connectivity index (χ0n) is 24.4. The van der Waals surface area contributed by atoms with Gasteiger partial charge in [-0.2, -0.15) is 0 Å². The van der Waals surface area contributed by atoms with Gasteiger partial charge >= 0.3 is 0 Å². The maximum atomic E-state index is 11.1. The summed E-state index contributed by atoms with van der Waals surface area (Å²) in [6, 6.07) is 15.7. The van der Waals surface area contributed by atoms with Crippen LogP contribution in [0.15, 0.2) is 114 Å². The Morgan fingerprint density at radius 1 is 0.500 bits per heavy atom. The lowest BCUT2D eigenvalue weighted by molar-refractivity contribution is 0.318. The summed E-state index contributed by atoms with van der Waals surface area (Å²) in [4.78, 5) is 0. The van der Waals surface area contributed by atoms with E-state index >= 15 is 0 Å². The first kappa shape index (κ1) is 26.5. The third kappa shape index (κ3) is 3.35. The molecule has 4 aromatic rings. The first-order valence-corrected chi connectivity index (χ1v) is 15.0. The fraction of sp³-hybridized carbons (Fsp3) is 0.179. The second kappa shape index (κ2) is 9.17. The zero-order valence-corrected chi connectivity index (χ0v) is 24.4. The standard InChI is InChI=1S/C39H32O5/c1-39(2)28-18-10-9-17-26(28)31-21-12-4-3-11-20(21)27(19-29(31)39)30-22-13-5-7-15-24(22)32(25-16-8-6-14-23(25)30)33-34(40)36(42)38(44)37(43)35(33)41/h3-21,26,28,40-44H,1-2H3. The van der Waals surface area contributed by atoms with E-state index in [1.807, 2.05) is 48.5 Å². The Morgan fingerprint density at radius 3 is 1.52 bits per heavy atom. The lowest BCUT2D eigenvalue weighted by atomic mass is 9.67. The van der Waals surface area contributed by atoms with E-state index in [0.29, 0.717) is 17.4 Å². The predicted molar refractivity (Wildman–Crippen MR) is 175 cm³/mol. The molecule has 44 heavy (non-hydrogen) atoms. The topological polar surface area (TPSA) is 101 Å². The number of rotatable bonds is 2. The fourth-order valence-corrected chi connectivity index (χ4v) is 8.32. The van der Waals surface area contributed by atoms with Crippen molar-refractivity contribution in [3.05, 3.63) is 120 Å². The van der Waals surface area contributed by atoms with Gasteiger partial charge < -0.3 is 25.5 Å². The molecule has 218 valence electrons. The van der Waals surface area contributed by atoms with Crippen molar-refractivity contribution in [3.63, 3.8) is 0 Å². The largest absolute Gasteiger partial charge is 0.504 e. The van der Waals surface area contributed by atoms with Crippen LogP contribution in [-0.2, 0) is 0 Å².